The summed E-state index contributed by atoms with van der Waals surface area (Å²) in [6.07, 6.45) is 3.17. The van der Waals surface area contributed by atoms with Crippen LogP contribution in [0.2, 0.25) is 0 Å². The van der Waals surface area contributed by atoms with Gasteiger partial charge in [0.1, 0.15) is 0 Å². The Bertz CT molecular complexity index is 963. The van der Waals surface area contributed by atoms with Crippen LogP contribution in [0.1, 0.15) is 81.8 Å². The number of benzene rings is 3. The van der Waals surface area contributed by atoms with Crippen molar-refractivity contribution in [3.63, 3.8) is 0 Å². The molecule has 0 bridgehead atoms. The smallest absolute Gasteiger partial charge is 0.0215 e. The molecule has 0 amide bonds. The van der Waals surface area contributed by atoms with Crippen molar-refractivity contribution >= 4 is 0 Å². The molecule has 0 N–H and O–H groups in total. The van der Waals surface area contributed by atoms with Gasteiger partial charge in [-0.05, 0) is 64.8 Å². The summed E-state index contributed by atoms with van der Waals surface area (Å²) in [6, 6.07) is 27.7. The first kappa shape index (κ1) is 24.3. The highest BCUT2D eigenvalue weighted by Crippen LogP contribution is 2.38. The van der Waals surface area contributed by atoms with Gasteiger partial charge >= 0.3 is 0 Å². The lowest BCUT2D eigenvalue weighted by Gasteiger charge is -2.33. The van der Waals surface area contributed by atoms with E-state index in [1.165, 1.54) is 33.4 Å². The van der Waals surface area contributed by atoms with Crippen LogP contribution < -0.4 is 0 Å². The lowest BCUT2D eigenvalue weighted by atomic mass is 9.70. The molecule has 0 aromatic heterocycles. The Kier molecular flexibility index (Phi) is 7.03. The Balaban J connectivity index is 2.09. The Morgan fingerprint density at radius 3 is 1.34 bits per heavy atom. The average Bonchev–Trinajstić information content (AvgIpc) is 2.67. The normalized spacial score (nSPS) is 12.8. The van der Waals surface area contributed by atoms with Crippen molar-refractivity contribution < 1.29 is 0 Å². The molecule has 0 fully saturated rings. The van der Waals surface area contributed by atoms with Crippen LogP contribution >= 0.6 is 0 Å². The predicted octanol–water partition coefficient (Wildman–Crippen LogP) is 8.72. The number of hydrogen-bond donors (Lipinski definition) is 0. The zero-order valence-electron chi connectivity index (χ0n) is 21.5. The van der Waals surface area contributed by atoms with Gasteiger partial charge in [-0.2, -0.15) is 0 Å². The Morgan fingerprint density at radius 2 is 0.938 bits per heavy atom. The Hall–Kier alpha value is -2.34. The van der Waals surface area contributed by atoms with Crippen molar-refractivity contribution in [2.75, 3.05) is 0 Å². The first-order valence-electron chi connectivity index (χ1n) is 12.1. The van der Waals surface area contributed by atoms with Crippen LogP contribution in [-0.4, -0.2) is 0 Å². The number of aryl methyl sites for hydroxylation is 1. The van der Waals surface area contributed by atoms with E-state index in [0.717, 1.165) is 19.3 Å². The average molecular weight is 427 g/mol. The first-order valence-corrected chi connectivity index (χ1v) is 12.1. The van der Waals surface area contributed by atoms with Gasteiger partial charge in [-0.3, -0.25) is 0 Å². The maximum atomic E-state index is 2.45. The highest BCUT2D eigenvalue weighted by Gasteiger charge is 2.30. The summed E-state index contributed by atoms with van der Waals surface area (Å²) in [5.74, 6) is 0. The van der Waals surface area contributed by atoms with Gasteiger partial charge in [0, 0.05) is 5.41 Å². The molecule has 0 atom stereocenters. The van der Waals surface area contributed by atoms with E-state index in [9.17, 15) is 0 Å². The molecule has 0 radical (unpaired) electrons. The van der Waals surface area contributed by atoms with Gasteiger partial charge in [-0.15, -0.1) is 0 Å². The summed E-state index contributed by atoms with van der Waals surface area (Å²) in [4.78, 5) is 0. The van der Waals surface area contributed by atoms with E-state index in [1.807, 2.05) is 0 Å². The molecular formula is C32H42. The van der Waals surface area contributed by atoms with E-state index in [1.54, 1.807) is 0 Å². The minimum Gasteiger partial charge on any atom is -0.0617 e. The zero-order chi connectivity index (χ0) is 23.6. The fourth-order valence-electron chi connectivity index (χ4n) is 4.76. The first-order chi connectivity index (χ1) is 14.8. The molecular weight excluding hydrogens is 384 g/mol. The third-order valence-electron chi connectivity index (χ3n) is 6.28. The highest BCUT2D eigenvalue weighted by molar-refractivity contribution is 5.44. The predicted molar refractivity (Wildman–Crippen MR) is 141 cm³/mol. The van der Waals surface area contributed by atoms with Crippen LogP contribution in [0.25, 0.3) is 0 Å². The molecule has 0 aliphatic rings. The lowest BCUT2D eigenvalue weighted by Crippen LogP contribution is -2.27. The van der Waals surface area contributed by atoms with Gasteiger partial charge in [-0.1, -0.05) is 127 Å². The maximum absolute atomic E-state index is 2.45. The third-order valence-corrected chi connectivity index (χ3v) is 6.28. The van der Waals surface area contributed by atoms with Crippen LogP contribution in [0.15, 0.2) is 72.8 Å². The Labute approximate surface area is 197 Å². The van der Waals surface area contributed by atoms with Crippen molar-refractivity contribution in [1.82, 2.24) is 0 Å². The molecule has 0 aliphatic heterocycles. The summed E-state index contributed by atoms with van der Waals surface area (Å²) in [6.45, 7) is 18.5. The van der Waals surface area contributed by atoms with Gasteiger partial charge in [0.15, 0.2) is 0 Å². The fraction of sp³-hybridized carbons (Fsp3) is 0.438. The van der Waals surface area contributed by atoms with Gasteiger partial charge in [0.05, 0.1) is 0 Å². The van der Waals surface area contributed by atoms with Crippen LogP contribution in [0, 0.1) is 17.8 Å². The number of hydrogen-bond acceptors (Lipinski definition) is 0. The molecule has 32 heavy (non-hydrogen) atoms. The molecule has 0 unspecified atom stereocenters. The summed E-state index contributed by atoms with van der Waals surface area (Å²) >= 11 is 0. The molecule has 0 heterocycles. The van der Waals surface area contributed by atoms with Crippen molar-refractivity contribution in [2.24, 2.45) is 10.8 Å². The van der Waals surface area contributed by atoms with Gasteiger partial charge in [0.25, 0.3) is 0 Å². The summed E-state index contributed by atoms with van der Waals surface area (Å²) in [5, 5.41) is 0. The molecule has 0 saturated heterocycles. The summed E-state index contributed by atoms with van der Waals surface area (Å²) in [7, 11) is 0. The van der Waals surface area contributed by atoms with Crippen molar-refractivity contribution in [1.29, 1.82) is 0 Å². The number of rotatable bonds is 6. The van der Waals surface area contributed by atoms with Crippen molar-refractivity contribution in [3.8, 4) is 0 Å². The minimum absolute atomic E-state index is 0.0863. The molecule has 3 aromatic carbocycles. The second-order valence-corrected chi connectivity index (χ2v) is 12.4. The topological polar surface area (TPSA) is 0 Å². The molecule has 0 saturated carbocycles. The van der Waals surface area contributed by atoms with Crippen LogP contribution in [0.5, 0.6) is 0 Å². The fourth-order valence-corrected chi connectivity index (χ4v) is 4.76. The SMILES string of the molecule is Cc1ccc(CC(C)(c2cccc(CC(C)(C)C)c2)c2cccc(CC(C)(C)C)c2)cc1. The quantitative estimate of drug-likeness (QED) is 0.369. The minimum atomic E-state index is -0.0863. The zero-order valence-corrected chi connectivity index (χ0v) is 21.5. The summed E-state index contributed by atoms with van der Waals surface area (Å²) in [5.41, 5.74) is 8.84. The van der Waals surface area contributed by atoms with Gasteiger partial charge in [0.2, 0.25) is 0 Å². The van der Waals surface area contributed by atoms with E-state index >= 15 is 0 Å². The third kappa shape index (κ3) is 6.58. The van der Waals surface area contributed by atoms with Crippen LogP contribution in [0.4, 0.5) is 0 Å². The molecule has 0 nitrogen and oxygen atoms in total. The second-order valence-electron chi connectivity index (χ2n) is 12.4. The molecule has 0 heteroatoms. The summed E-state index contributed by atoms with van der Waals surface area (Å²) < 4.78 is 0. The molecule has 170 valence electrons. The van der Waals surface area contributed by atoms with E-state index in [4.69, 9.17) is 0 Å². The monoisotopic (exact) mass is 426 g/mol. The van der Waals surface area contributed by atoms with Crippen molar-refractivity contribution in [2.45, 2.75) is 80.1 Å². The van der Waals surface area contributed by atoms with E-state index in [0.29, 0.717) is 0 Å². The molecule has 3 rings (SSSR count). The molecule has 0 spiro atoms. The van der Waals surface area contributed by atoms with Gasteiger partial charge in [-0.25, -0.2) is 0 Å². The van der Waals surface area contributed by atoms with Crippen molar-refractivity contribution in [3.05, 3.63) is 106 Å². The highest BCUT2D eigenvalue weighted by atomic mass is 14.3. The van der Waals surface area contributed by atoms with Gasteiger partial charge < -0.3 is 0 Å². The molecule has 0 aliphatic carbocycles. The lowest BCUT2D eigenvalue weighted by molar-refractivity contribution is 0.410. The van der Waals surface area contributed by atoms with Crippen LogP contribution in [0.3, 0.4) is 0 Å². The Morgan fingerprint density at radius 1 is 0.500 bits per heavy atom. The standard InChI is InChI=1S/C32H42/c1-24-15-17-25(18-16-24)23-32(8,28-13-9-11-26(19-28)21-30(2,3)4)29-14-10-12-27(20-29)22-31(5,6)7/h9-20H,21-23H2,1-8H3. The largest absolute Gasteiger partial charge is 0.0617 e. The van der Waals surface area contributed by atoms with E-state index in [-0.39, 0.29) is 16.2 Å². The maximum Gasteiger partial charge on any atom is 0.0215 e. The molecule has 3 aromatic rings. The van der Waals surface area contributed by atoms with E-state index in [2.05, 4.69) is 128 Å². The van der Waals surface area contributed by atoms with E-state index < -0.39 is 0 Å². The second kappa shape index (κ2) is 9.26. The van der Waals surface area contributed by atoms with Crippen LogP contribution in [-0.2, 0) is 24.7 Å².